The number of methoxy groups -OCH3 is 1. The number of hydrogen-bond donors (Lipinski definition) is 1. The second kappa shape index (κ2) is 9.49. The summed E-state index contributed by atoms with van der Waals surface area (Å²) in [7, 11) is -6.13. The summed E-state index contributed by atoms with van der Waals surface area (Å²) < 4.78 is 60.2. The molecule has 0 radical (unpaired) electrons. The van der Waals surface area contributed by atoms with E-state index in [2.05, 4.69) is 4.72 Å². The quantitative estimate of drug-likeness (QED) is 0.608. The minimum Gasteiger partial charge on any atom is -0.495 e. The van der Waals surface area contributed by atoms with Crippen molar-refractivity contribution in [1.29, 1.82) is 0 Å². The molecule has 0 heterocycles. The molecule has 0 aliphatic heterocycles. The summed E-state index contributed by atoms with van der Waals surface area (Å²) in [6.07, 6.45) is 0.493. The van der Waals surface area contributed by atoms with E-state index in [1.807, 2.05) is 13.8 Å². The molecule has 2 rings (SSSR count). The van der Waals surface area contributed by atoms with Crippen LogP contribution < -0.4 is 13.8 Å². The Hall–Kier alpha value is -2.26. The highest BCUT2D eigenvalue weighted by Crippen LogP contribution is 2.31. The zero-order valence-electron chi connectivity index (χ0n) is 17.1. The van der Waals surface area contributed by atoms with Crippen molar-refractivity contribution in [2.45, 2.75) is 32.1 Å². The van der Waals surface area contributed by atoms with E-state index in [1.54, 1.807) is 37.3 Å². The van der Waals surface area contributed by atoms with E-state index in [-0.39, 0.29) is 34.5 Å². The summed E-state index contributed by atoms with van der Waals surface area (Å²) in [5, 5.41) is 0. The van der Waals surface area contributed by atoms with Crippen LogP contribution in [0.1, 0.15) is 27.2 Å². The van der Waals surface area contributed by atoms with Gasteiger partial charge in [0.05, 0.1) is 29.1 Å². The maximum atomic E-state index is 13.2. The van der Waals surface area contributed by atoms with Gasteiger partial charge < -0.3 is 4.74 Å². The lowest BCUT2D eigenvalue weighted by Gasteiger charge is -2.23. The molecule has 1 N–H and O–H groups in total. The van der Waals surface area contributed by atoms with E-state index in [4.69, 9.17) is 4.74 Å². The highest BCUT2D eigenvalue weighted by molar-refractivity contribution is 7.93. The average Bonchev–Trinajstić information content (AvgIpc) is 2.67. The largest absolute Gasteiger partial charge is 0.495 e. The zero-order chi connectivity index (χ0) is 21.7. The third kappa shape index (κ3) is 5.86. The summed E-state index contributed by atoms with van der Waals surface area (Å²) in [6.45, 7) is 5.84. The van der Waals surface area contributed by atoms with Crippen molar-refractivity contribution in [2.24, 2.45) is 5.92 Å². The standard InChI is InChI=1S/C20H28N2O5S2/c1-5-22(17-9-7-6-8-10-17)29(25,26)18-11-12-20(27-4)19(15-18)21-28(23,24)14-13-16(2)3/h6-12,15-16,21H,5,13-14H2,1-4H3. The molecule has 0 saturated carbocycles. The van der Waals surface area contributed by atoms with E-state index < -0.39 is 20.0 Å². The van der Waals surface area contributed by atoms with Gasteiger partial charge in [0, 0.05) is 6.54 Å². The summed E-state index contributed by atoms with van der Waals surface area (Å²) in [6, 6.07) is 12.9. The fourth-order valence-corrected chi connectivity index (χ4v) is 5.63. The topological polar surface area (TPSA) is 92.8 Å². The first-order chi connectivity index (χ1) is 13.6. The number of nitrogens with one attached hydrogen (secondary N) is 1. The van der Waals surface area contributed by atoms with Crippen molar-refractivity contribution < 1.29 is 21.6 Å². The number of sulfonamides is 2. The van der Waals surface area contributed by atoms with Crippen LogP contribution in [-0.2, 0) is 20.0 Å². The van der Waals surface area contributed by atoms with Crippen molar-refractivity contribution in [3.05, 3.63) is 48.5 Å². The predicted octanol–water partition coefficient (Wildman–Crippen LogP) is 3.70. The van der Waals surface area contributed by atoms with Gasteiger partial charge in [0.2, 0.25) is 10.0 Å². The van der Waals surface area contributed by atoms with Gasteiger partial charge in [-0.15, -0.1) is 0 Å². The minimum atomic E-state index is -3.89. The van der Waals surface area contributed by atoms with Crippen LogP contribution in [-0.4, -0.2) is 36.2 Å². The van der Waals surface area contributed by atoms with Crippen molar-refractivity contribution >= 4 is 31.4 Å². The Morgan fingerprint density at radius 3 is 2.24 bits per heavy atom. The Morgan fingerprint density at radius 2 is 1.69 bits per heavy atom. The van der Waals surface area contributed by atoms with E-state index in [0.29, 0.717) is 12.1 Å². The third-order valence-corrected chi connectivity index (χ3v) is 7.52. The molecule has 0 atom stereocenters. The summed E-state index contributed by atoms with van der Waals surface area (Å²) in [4.78, 5) is -0.0226. The highest BCUT2D eigenvalue weighted by atomic mass is 32.2. The summed E-state index contributed by atoms with van der Waals surface area (Å²) in [5.41, 5.74) is 0.631. The smallest absolute Gasteiger partial charge is 0.264 e. The number of anilines is 2. The Labute approximate surface area is 173 Å². The molecule has 0 fully saturated rings. The van der Waals surface area contributed by atoms with Gasteiger partial charge in [-0.25, -0.2) is 16.8 Å². The minimum absolute atomic E-state index is 0.0226. The molecule has 0 amide bonds. The summed E-state index contributed by atoms with van der Waals surface area (Å²) in [5.74, 6) is 0.416. The molecule has 0 aromatic heterocycles. The molecule has 7 nitrogen and oxygen atoms in total. The first-order valence-corrected chi connectivity index (χ1v) is 12.5. The van der Waals surface area contributed by atoms with Crippen LogP contribution in [0.4, 0.5) is 11.4 Å². The molecule has 29 heavy (non-hydrogen) atoms. The molecule has 0 bridgehead atoms. The predicted molar refractivity (Wildman–Crippen MR) is 117 cm³/mol. The van der Waals surface area contributed by atoms with Crippen LogP contribution in [0, 0.1) is 5.92 Å². The van der Waals surface area contributed by atoms with E-state index in [0.717, 1.165) is 0 Å². The van der Waals surface area contributed by atoms with Gasteiger partial charge in [0.15, 0.2) is 0 Å². The van der Waals surface area contributed by atoms with Gasteiger partial charge in [-0.2, -0.15) is 0 Å². The van der Waals surface area contributed by atoms with Gasteiger partial charge >= 0.3 is 0 Å². The van der Waals surface area contributed by atoms with Crippen LogP contribution in [0.25, 0.3) is 0 Å². The molecule has 0 aliphatic rings. The number of hydrogen-bond acceptors (Lipinski definition) is 5. The number of para-hydroxylation sites is 1. The Bertz CT molecular complexity index is 1020. The molecule has 9 heteroatoms. The molecule has 0 unspecified atom stereocenters. The monoisotopic (exact) mass is 440 g/mol. The highest BCUT2D eigenvalue weighted by Gasteiger charge is 2.25. The Balaban J connectivity index is 2.43. The normalized spacial score (nSPS) is 12.0. The molecule has 2 aromatic carbocycles. The molecule has 160 valence electrons. The molecular formula is C20H28N2O5S2. The maximum absolute atomic E-state index is 13.2. The third-order valence-electron chi connectivity index (χ3n) is 4.32. The van der Waals surface area contributed by atoms with Crippen LogP contribution in [0.3, 0.4) is 0 Å². The lowest BCUT2D eigenvalue weighted by Crippen LogP contribution is -2.30. The van der Waals surface area contributed by atoms with Crippen LogP contribution >= 0.6 is 0 Å². The average molecular weight is 441 g/mol. The Morgan fingerprint density at radius 1 is 1.03 bits per heavy atom. The van der Waals surface area contributed by atoms with Crippen molar-refractivity contribution in [3.63, 3.8) is 0 Å². The lowest BCUT2D eigenvalue weighted by molar-refractivity contribution is 0.416. The van der Waals surface area contributed by atoms with Gasteiger partial charge in [-0.05, 0) is 49.6 Å². The van der Waals surface area contributed by atoms with Crippen molar-refractivity contribution in [1.82, 2.24) is 0 Å². The fourth-order valence-electron chi connectivity index (χ4n) is 2.75. The second-order valence-electron chi connectivity index (χ2n) is 6.97. The van der Waals surface area contributed by atoms with E-state index in [9.17, 15) is 16.8 Å². The lowest BCUT2D eigenvalue weighted by atomic mass is 10.2. The Kier molecular flexibility index (Phi) is 7.54. The van der Waals surface area contributed by atoms with Crippen LogP contribution in [0.15, 0.2) is 53.4 Å². The fraction of sp³-hybridized carbons (Fsp3) is 0.400. The molecule has 0 aliphatic carbocycles. The maximum Gasteiger partial charge on any atom is 0.264 e. The van der Waals surface area contributed by atoms with E-state index in [1.165, 1.54) is 29.6 Å². The molecule has 0 saturated heterocycles. The van der Waals surface area contributed by atoms with Crippen LogP contribution in [0.2, 0.25) is 0 Å². The number of ether oxygens (including phenoxy) is 1. The first-order valence-electron chi connectivity index (χ1n) is 9.37. The van der Waals surface area contributed by atoms with Crippen molar-refractivity contribution in [2.75, 3.05) is 28.4 Å². The number of benzene rings is 2. The van der Waals surface area contributed by atoms with Crippen LogP contribution in [0.5, 0.6) is 5.75 Å². The van der Waals surface area contributed by atoms with Gasteiger partial charge in [0.25, 0.3) is 10.0 Å². The van der Waals surface area contributed by atoms with Gasteiger partial charge in [-0.1, -0.05) is 32.0 Å². The first kappa shape index (κ1) is 23.0. The molecular weight excluding hydrogens is 412 g/mol. The zero-order valence-corrected chi connectivity index (χ0v) is 18.8. The van der Waals surface area contributed by atoms with Gasteiger partial charge in [0.1, 0.15) is 5.75 Å². The SMILES string of the molecule is CCN(c1ccccc1)S(=O)(=O)c1ccc(OC)c(NS(=O)(=O)CCC(C)C)c1. The number of nitrogens with zero attached hydrogens (tertiary/aromatic N) is 1. The molecule has 0 spiro atoms. The number of rotatable bonds is 10. The molecule has 2 aromatic rings. The second-order valence-corrected chi connectivity index (χ2v) is 10.7. The van der Waals surface area contributed by atoms with E-state index >= 15 is 0 Å². The van der Waals surface area contributed by atoms with Crippen molar-refractivity contribution in [3.8, 4) is 5.75 Å². The van der Waals surface area contributed by atoms with Gasteiger partial charge in [-0.3, -0.25) is 9.03 Å². The summed E-state index contributed by atoms with van der Waals surface area (Å²) >= 11 is 0.